The number of hydrogen-bond acceptors (Lipinski definition) is 4. The van der Waals surface area contributed by atoms with Crippen LogP contribution in [0.1, 0.15) is 37.4 Å². The van der Waals surface area contributed by atoms with Gasteiger partial charge in [-0.2, -0.15) is 0 Å². The van der Waals surface area contributed by atoms with Gasteiger partial charge < -0.3 is 15.2 Å². The van der Waals surface area contributed by atoms with Gasteiger partial charge in [-0.25, -0.2) is 0 Å². The van der Waals surface area contributed by atoms with Gasteiger partial charge in [-0.15, -0.1) is 0 Å². The molecule has 1 aliphatic heterocycles. The Kier molecular flexibility index (Phi) is 4.51. The second-order valence-corrected chi connectivity index (χ2v) is 6.01. The summed E-state index contributed by atoms with van der Waals surface area (Å²) in [6.45, 7) is 1.32. The molecule has 114 valence electrons. The van der Waals surface area contributed by atoms with Crippen LogP contribution in [0.15, 0.2) is 24.4 Å². The summed E-state index contributed by atoms with van der Waals surface area (Å²) in [4.78, 5) is 16.8. The van der Waals surface area contributed by atoms with Gasteiger partial charge in [-0.1, -0.05) is 6.07 Å². The first kappa shape index (κ1) is 14.5. The number of nitrogens with zero attached hydrogens (tertiary/aromatic N) is 1. The first-order valence-corrected chi connectivity index (χ1v) is 7.71. The van der Waals surface area contributed by atoms with Gasteiger partial charge in [0.25, 0.3) is 0 Å². The zero-order valence-electron chi connectivity index (χ0n) is 12.1. The van der Waals surface area contributed by atoms with Gasteiger partial charge in [0, 0.05) is 25.3 Å². The van der Waals surface area contributed by atoms with Gasteiger partial charge in [0.1, 0.15) is 0 Å². The molecule has 2 fully saturated rings. The minimum atomic E-state index is -0.235. The first-order valence-electron chi connectivity index (χ1n) is 7.71. The number of nitrogens with one attached hydrogen (secondary N) is 1. The van der Waals surface area contributed by atoms with E-state index in [-0.39, 0.29) is 29.9 Å². The lowest BCUT2D eigenvalue weighted by molar-refractivity contribution is -0.129. The van der Waals surface area contributed by atoms with E-state index in [1.807, 2.05) is 18.2 Å². The van der Waals surface area contributed by atoms with Gasteiger partial charge in [-0.3, -0.25) is 9.78 Å². The zero-order chi connectivity index (χ0) is 14.7. The van der Waals surface area contributed by atoms with Crippen LogP contribution in [-0.4, -0.2) is 35.3 Å². The van der Waals surface area contributed by atoms with Gasteiger partial charge in [0.2, 0.25) is 5.91 Å². The molecule has 3 rings (SSSR count). The molecule has 2 N–H and O–H groups in total. The topological polar surface area (TPSA) is 71.5 Å². The van der Waals surface area contributed by atoms with Crippen LogP contribution in [0, 0.1) is 11.8 Å². The fourth-order valence-corrected chi connectivity index (χ4v) is 3.13. The summed E-state index contributed by atoms with van der Waals surface area (Å²) in [7, 11) is 0. The summed E-state index contributed by atoms with van der Waals surface area (Å²) in [5.41, 5.74) is 0.884. The monoisotopic (exact) mass is 290 g/mol. The zero-order valence-corrected chi connectivity index (χ0v) is 12.1. The van der Waals surface area contributed by atoms with Crippen LogP contribution in [0.5, 0.6) is 0 Å². The Balaban J connectivity index is 1.68. The third kappa shape index (κ3) is 3.41. The van der Waals surface area contributed by atoms with Crippen molar-refractivity contribution in [3.8, 4) is 0 Å². The van der Waals surface area contributed by atoms with Crippen molar-refractivity contribution in [2.45, 2.75) is 37.8 Å². The van der Waals surface area contributed by atoms with E-state index >= 15 is 0 Å². The third-order valence-electron chi connectivity index (χ3n) is 4.52. The fourth-order valence-electron chi connectivity index (χ4n) is 3.13. The summed E-state index contributed by atoms with van der Waals surface area (Å²) in [5, 5.41) is 12.7. The van der Waals surface area contributed by atoms with Crippen LogP contribution in [0.25, 0.3) is 0 Å². The predicted octanol–water partition coefficient (Wildman–Crippen LogP) is 1.44. The molecule has 0 spiro atoms. The second kappa shape index (κ2) is 6.54. The highest BCUT2D eigenvalue weighted by Crippen LogP contribution is 2.37. The van der Waals surface area contributed by atoms with E-state index < -0.39 is 0 Å². The van der Waals surface area contributed by atoms with Gasteiger partial charge in [0.05, 0.1) is 17.8 Å². The quantitative estimate of drug-likeness (QED) is 0.880. The second-order valence-electron chi connectivity index (χ2n) is 6.01. The molecule has 21 heavy (non-hydrogen) atoms. The van der Waals surface area contributed by atoms with E-state index in [0.29, 0.717) is 13.2 Å². The highest BCUT2D eigenvalue weighted by molar-refractivity contribution is 5.79. The molecule has 0 unspecified atom stereocenters. The van der Waals surface area contributed by atoms with Crippen molar-refractivity contribution in [1.29, 1.82) is 0 Å². The molecule has 5 nitrogen and oxygen atoms in total. The Morgan fingerprint density at radius 1 is 1.33 bits per heavy atom. The number of amides is 1. The first-order chi connectivity index (χ1) is 10.2. The highest BCUT2D eigenvalue weighted by Gasteiger charge is 2.37. The molecule has 2 aliphatic rings. The molecule has 1 saturated heterocycles. The van der Waals surface area contributed by atoms with Gasteiger partial charge in [-0.05, 0) is 43.7 Å². The summed E-state index contributed by atoms with van der Waals surface area (Å²) < 4.78 is 5.31. The van der Waals surface area contributed by atoms with Gasteiger partial charge in [0.15, 0.2) is 0 Å². The number of ether oxygens (including phenoxy) is 1. The molecule has 1 atom stereocenters. The van der Waals surface area contributed by atoms with Crippen LogP contribution in [-0.2, 0) is 9.53 Å². The number of pyridine rings is 1. The van der Waals surface area contributed by atoms with Crippen molar-refractivity contribution in [2.75, 3.05) is 13.2 Å². The molecule has 0 radical (unpaired) electrons. The molecule has 0 aromatic carbocycles. The lowest BCUT2D eigenvalue weighted by Gasteiger charge is -2.38. The highest BCUT2D eigenvalue weighted by atomic mass is 16.5. The predicted molar refractivity (Wildman–Crippen MR) is 77.4 cm³/mol. The van der Waals surface area contributed by atoms with E-state index in [9.17, 15) is 9.90 Å². The molecule has 0 bridgehead atoms. The van der Waals surface area contributed by atoms with E-state index in [0.717, 1.165) is 31.4 Å². The minimum Gasteiger partial charge on any atom is -0.393 e. The SMILES string of the molecule is O=C(N[C@@H](c1ccccn1)C1CC(O)C1)C1CCOCC1. The lowest BCUT2D eigenvalue weighted by atomic mass is 9.76. The number of carbonyl (C=O) groups excluding carboxylic acids is 1. The summed E-state index contributed by atoms with van der Waals surface area (Å²) in [5.74, 6) is 0.406. The van der Waals surface area contributed by atoms with Crippen molar-refractivity contribution >= 4 is 5.91 Å². The minimum absolute atomic E-state index is 0.0370. The summed E-state index contributed by atoms with van der Waals surface area (Å²) in [6, 6.07) is 5.66. The fraction of sp³-hybridized carbons (Fsp3) is 0.625. The third-order valence-corrected chi connectivity index (χ3v) is 4.52. The van der Waals surface area contributed by atoms with E-state index in [1.54, 1.807) is 6.20 Å². The van der Waals surface area contributed by atoms with Crippen LogP contribution in [0.3, 0.4) is 0 Å². The number of hydrogen-bond donors (Lipinski definition) is 2. The Morgan fingerprint density at radius 3 is 2.71 bits per heavy atom. The van der Waals surface area contributed by atoms with Crippen molar-refractivity contribution < 1.29 is 14.6 Å². The number of carbonyl (C=O) groups is 1. The molecule has 5 heteroatoms. The van der Waals surface area contributed by atoms with Crippen LogP contribution < -0.4 is 5.32 Å². The molecule has 2 heterocycles. The molecule has 1 aromatic rings. The standard InChI is InChI=1S/C16H22N2O3/c19-13-9-12(10-13)15(14-3-1-2-6-17-14)18-16(20)11-4-7-21-8-5-11/h1-3,6,11-13,15,19H,4-5,7-10H2,(H,18,20)/t12?,13?,15-/m1/s1. The molecule has 1 aliphatic carbocycles. The number of aromatic nitrogens is 1. The van der Waals surface area contributed by atoms with Crippen LogP contribution in [0.4, 0.5) is 0 Å². The van der Waals surface area contributed by atoms with E-state index in [2.05, 4.69) is 10.3 Å². The molecular weight excluding hydrogens is 268 g/mol. The van der Waals surface area contributed by atoms with Crippen LogP contribution >= 0.6 is 0 Å². The number of aliphatic hydroxyl groups excluding tert-OH is 1. The average Bonchev–Trinajstić information content (AvgIpc) is 2.51. The van der Waals surface area contributed by atoms with Crippen molar-refractivity contribution in [2.24, 2.45) is 11.8 Å². The normalized spacial score (nSPS) is 27.7. The molecular formula is C16H22N2O3. The smallest absolute Gasteiger partial charge is 0.223 e. The maximum absolute atomic E-state index is 12.5. The van der Waals surface area contributed by atoms with Gasteiger partial charge >= 0.3 is 0 Å². The van der Waals surface area contributed by atoms with E-state index in [1.165, 1.54) is 0 Å². The molecule has 1 saturated carbocycles. The Morgan fingerprint density at radius 2 is 2.10 bits per heavy atom. The largest absolute Gasteiger partial charge is 0.393 e. The Bertz CT molecular complexity index is 468. The summed E-state index contributed by atoms with van der Waals surface area (Å²) in [6.07, 6.45) is 4.55. The van der Waals surface area contributed by atoms with E-state index in [4.69, 9.17) is 4.74 Å². The van der Waals surface area contributed by atoms with Crippen molar-refractivity contribution in [1.82, 2.24) is 10.3 Å². The Hall–Kier alpha value is -1.46. The molecule has 1 aromatic heterocycles. The lowest BCUT2D eigenvalue weighted by Crippen LogP contribution is -2.44. The van der Waals surface area contributed by atoms with Crippen molar-refractivity contribution in [3.63, 3.8) is 0 Å². The molecule has 1 amide bonds. The maximum atomic E-state index is 12.5. The van der Waals surface area contributed by atoms with Crippen LogP contribution in [0.2, 0.25) is 0 Å². The number of aliphatic hydroxyl groups is 1. The summed E-state index contributed by atoms with van der Waals surface area (Å²) >= 11 is 0. The number of rotatable bonds is 4. The van der Waals surface area contributed by atoms with Crippen molar-refractivity contribution in [3.05, 3.63) is 30.1 Å². The maximum Gasteiger partial charge on any atom is 0.223 e. The Labute approximate surface area is 124 Å². The average molecular weight is 290 g/mol.